The second kappa shape index (κ2) is 4.12. The molecule has 2 rings (SSSR count). The third-order valence-corrected chi connectivity index (χ3v) is 3.77. The summed E-state index contributed by atoms with van der Waals surface area (Å²) in [4.78, 5) is 13.9. The number of carbonyl (C=O) groups excluding carboxylic acids is 1. The molecule has 0 heterocycles. The van der Waals surface area contributed by atoms with Crippen LogP contribution in [0.2, 0.25) is 0 Å². The van der Waals surface area contributed by atoms with Crippen LogP contribution in [0.4, 0.5) is 0 Å². The number of hydrogen-bond acceptors (Lipinski definition) is 2. The number of nitrogens with zero attached hydrogens (tertiary/aromatic N) is 1. The topological polar surface area (TPSA) is 32.3 Å². The zero-order chi connectivity index (χ0) is 10.9. The maximum absolute atomic E-state index is 11.9. The summed E-state index contributed by atoms with van der Waals surface area (Å²) in [7, 11) is 0. The molecule has 2 fully saturated rings. The summed E-state index contributed by atoms with van der Waals surface area (Å²) in [5, 5.41) is 3.40. The monoisotopic (exact) mass is 210 g/mol. The van der Waals surface area contributed by atoms with E-state index in [1.807, 2.05) is 4.90 Å². The normalized spacial score (nSPS) is 23.3. The van der Waals surface area contributed by atoms with Crippen LogP contribution in [0, 0.1) is 0 Å². The van der Waals surface area contributed by atoms with E-state index in [2.05, 4.69) is 19.2 Å². The number of nitrogens with one attached hydrogen (secondary N) is 1. The molecule has 0 aromatic heterocycles. The molecule has 0 radical (unpaired) electrons. The van der Waals surface area contributed by atoms with E-state index in [1.54, 1.807) is 0 Å². The molecule has 0 aromatic carbocycles. The minimum atomic E-state index is 0.249. The van der Waals surface area contributed by atoms with Gasteiger partial charge in [0.2, 0.25) is 5.91 Å². The lowest BCUT2D eigenvalue weighted by molar-refractivity contribution is -0.131. The van der Waals surface area contributed by atoms with Crippen molar-refractivity contribution in [3.05, 3.63) is 0 Å². The molecule has 2 saturated carbocycles. The van der Waals surface area contributed by atoms with Crippen LogP contribution in [-0.2, 0) is 4.79 Å². The van der Waals surface area contributed by atoms with Gasteiger partial charge in [0.05, 0.1) is 6.54 Å². The summed E-state index contributed by atoms with van der Waals surface area (Å²) >= 11 is 0. The quantitative estimate of drug-likeness (QED) is 0.746. The second-order valence-electron chi connectivity index (χ2n) is 5.18. The van der Waals surface area contributed by atoms with Gasteiger partial charge in [0.25, 0.3) is 0 Å². The Morgan fingerprint density at radius 1 is 1.47 bits per heavy atom. The van der Waals surface area contributed by atoms with Crippen molar-refractivity contribution in [2.45, 2.75) is 57.5 Å². The Morgan fingerprint density at radius 2 is 2.13 bits per heavy atom. The van der Waals surface area contributed by atoms with Crippen molar-refractivity contribution < 1.29 is 4.79 Å². The molecule has 0 unspecified atom stereocenters. The summed E-state index contributed by atoms with van der Waals surface area (Å²) < 4.78 is 0. The van der Waals surface area contributed by atoms with E-state index in [9.17, 15) is 4.79 Å². The molecule has 0 spiro atoms. The van der Waals surface area contributed by atoms with Gasteiger partial charge in [0.15, 0.2) is 0 Å². The number of carbonyl (C=O) groups is 1. The van der Waals surface area contributed by atoms with E-state index >= 15 is 0 Å². The first-order chi connectivity index (χ1) is 7.14. The highest BCUT2D eigenvalue weighted by molar-refractivity contribution is 5.79. The van der Waals surface area contributed by atoms with Crippen molar-refractivity contribution in [3.63, 3.8) is 0 Å². The van der Waals surface area contributed by atoms with Gasteiger partial charge in [0, 0.05) is 18.1 Å². The fraction of sp³-hybridized carbons (Fsp3) is 0.917. The summed E-state index contributed by atoms with van der Waals surface area (Å²) in [6.07, 6.45) is 6.15. The number of likely N-dealkylation sites (N-methyl/N-ethyl adjacent to an activating group) is 1. The van der Waals surface area contributed by atoms with E-state index in [0.717, 1.165) is 6.54 Å². The van der Waals surface area contributed by atoms with Crippen LogP contribution in [0.3, 0.4) is 0 Å². The van der Waals surface area contributed by atoms with Gasteiger partial charge in [-0.25, -0.2) is 0 Å². The maximum atomic E-state index is 11.9. The van der Waals surface area contributed by atoms with Crippen LogP contribution in [-0.4, -0.2) is 35.5 Å². The highest BCUT2D eigenvalue weighted by Crippen LogP contribution is 2.31. The first-order valence-corrected chi connectivity index (χ1v) is 6.19. The van der Waals surface area contributed by atoms with Gasteiger partial charge in [-0.1, -0.05) is 0 Å². The Labute approximate surface area is 92.2 Å². The Morgan fingerprint density at radius 3 is 2.53 bits per heavy atom. The predicted molar refractivity (Wildman–Crippen MR) is 60.7 cm³/mol. The van der Waals surface area contributed by atoms with Gasteiger partial charge in [-0.05, 0) is 46.0 Å². The fourth-order valence-corrected chi connectivity index (χ4v) is 2.30. The van der Waals surface area contributed by atoms with Crippen molar-refractivity contribution in [3.8, 4) is 0 Å². The van der Waals surface area contributed by atoms with Crippen molar-refractivity contribution >= 4 is 5.91 Å². The lowest BCUT2D eigenvalue weighted by Crippen LogP contribution is -2.52. The van der Waals surface area contributed by atoms with E-state index in [1.165, 1.54) is 32.1 Å². The molecule has 0 saturated heterocycles. The molecule has 1 amide bonds. The van der Waals surface area contributed by atoms with Gasteiger partial charge in [-0.15, -0.1) is 0 Å². The van der Waals surface area contributed by atoms with Gasteiger partial charge in [-0.3, -0.25) is 4.79 Å². The highest BCUT2D eigenvalue weighted by Gasteiger charge is 2.34. The van der Waals surface area contributed by atoms with Crippen LogP contribution in [0.5, 0.6) is 0 Å². The third kappa shape index (κ3) is 2.51. The standard InChI is InChI=1S/C12H22N2O/c1-3-14(10-5-6-10)11(15)9-13-12(2)7-4-8-12/h10,13H,3-9H2,1-2H3. The zero-order valence-corrected chi connectivity index (χ0v) is 9.88. The van der Waals surface area contributed by atoms with Crippen LogP contribution >= 0.6 is 0 Å². The molecule has 0 atom stereocenters. The molecular formula is C12H22N2O. The largest absolute Gasteiger partial charge is 0.339 e. The van der Waals surface area contributed by atoms with Crippen molar-refractivity contribution in [2.75, 3.05) is 13.1 Å². The molecule has 2 aliphatic rings. The van der Waals surface area contributed by atoms with Crippen LogP contribution < -0.4 is 5.32 Å². The van der Waals surface area contributed by atoms with Crippen molar-refractivity contribution in [1.29, 1.82) is 0 Å². The van der Waals surface area contributed by atoms with Gasteiger partial charge >= 0.3 is 0 Å². The molecule has 0 bridgehead atoms. The minimum Gasteiger partial charge on any atom is -0.339 e. The van der Waals surface area contributed by atoms with Gasteiger partial charge in [-0.2, -0.15) is 0 Å². The Balaban J connectivity index is 1.75. The SMILES string of the molecule is CCN(C(=O)CNC1(C)CCC1)C1CC1. The maximum Gasteiger partial charge on any atom is 0.236 e. The molecule has 15 heavy (non-hydrogen) atoms. The van der Waals surface area contributed by atoms with Gasteiger partial charge in [0.1, 0.15) is 0 Å². The Bertz CT molecular complexity index is 244. The molecule has 2 aliphatic carbocycles. The average molecular weight is 210 g/mol. The first kappa shape index (κ1) is 10.9. The van der Waals surface area contributed by atoms with E-state index in [4.69, 9.17) is 0 Å². The third-order valence-electron chi connectivity index (χ3n) is 3.77. The van der Waals surface area contributed by atoms with E-state index in [-0.39, 0.29) is 11.4 Å². The summed E-state index contributed by atoms with van der Waals surface area (Å²) in [5.74, 6) is 0.285. The van der Waals surface area contributed by atoms with Gasteiger partial charge < -0.3 is 10.2 Å². The summed E-state index contributed by atoms with van der Waals surface area (Å²) in [6, 6.07) is 0.554. The number of amides is 1. The van der Waals surface area contributed by atoms with Crippen LogP contribution in [0.15, 0.2) is 0 Å². The fourth-order valence-electron chi connectivity index (χ4n) is 2.30. The van der Waals surface area contributed by atoms with E-state index < -0.39 is 0 Å². The molecule has 3 heteroatoms. The molecule has 86 valence electrons. The van der Waals surface area contributed by atoms with Crippen LogP contribution in [0.1, 0.15) is 46.0 Å². The first-order valence-electron chi connectivity index (χ1n) is 6.19. The van der Waals surface area contributed by atoms with E-state index in [0.29, 0.717) is 12.6 Å². The predicted octanol–water partition coefficient (Wildman–Crippen LogP) is 1.53. The van der Waals surface area contributed by atoms with Crippen molar-refractivity contribution in [1.82, 2.24) is 10.2 Å². The lowest BCUT2D eigenvalue weighted by Gasteiger charge is -2.39. The van der Waals surface area contributed by atoms with Crippen LogP contribution in [0.25, 0.3) is 0 Å². The van der Waals surface area contributed by atoms with Crippen molar-refractivity contribution in [2.24, 2.45) is 0 Å². The molecular weight excluding hydrogens is 188 g/mol. The number of rotatable bonds is 5. The zero-order valence-electron chi connectivity index (χ0n) is 9.88. The average Bonchev–Trinajstić information content (AvgIpc) is 2.97. The lowest BCUT2D eigenvalue weighted by atomic mass is 9.78. The second-order valence-corrected chi connectivity index (χ2v) is 5.18. The minimum absolute atomic E-state index is 0.249. The number of hydrogen-bond donors (Lipinski definition) is 1. The Kier molecular flexibility index (Phi) is 3.01. The molecule has 3 nitrogen and oxygen atoms in total. The molecule has 0 aliphatic heterocycles. The molecule has 0 aromatic rings. The smallest absolute Gasteiger partial charge is 0.236 e. The molecule has 1 N–H and O–H groups in total. The Hall–Kier alpha value is -0.570. The highest BCUT2D eigenvalue weighted by atomic mass is 16.2. The summed E-state index contributed by atoms with van der Waals surface area (Å²) in [6.45, 7) is 5.68. The summed E-state index contributed by atoms with van der Waals surface area (Å²) in [5.41, 5.74) is 0.249.